The maximum atomic E-state index is 12.9. The van der Waals surface area contributed by atoms with Crippen LogP contribution in [-0.2, 0) is 22.8 Å². The molecule has 7 nitrogen and oxygen atoms in total. The van der Waals surface area contributed by atoms with Gasteiger partial charge in [-0.15, -0.1) is 0 Å². The van der Waals surface area contributed by atoms with Gasteiger partial charge in [0.2, 0.25) is 15.8 Å². The summed E-state index contributed by atoms with van der Waals surface area (Å²) in [6, 6.07) is 10.6. The molecule has 2 aromatic carbocycles. The maximum absolute atomic E-state index is 12.9. The third kappa shape index (κ3) is 4.94. The molecule has 4 rings (SSSR count). The minimum Gasteiger partial charge on any atom is -0.484 e. The normalized spacial score (nSPS) is 15.6. The lowest BCUT2D eigenvalue weighted by atomic mass is 10.1. The highest BCUT2D eigenvalue weighted by Gasteiger charge is 2.31. The third-order valence-electron chi connectivity index (χ3n) is 5.06. The molecule has 0 spiro atoms. The molecule has 0 bridgehead atoms. The molecule has 1 aliphatic heterocycles. The van der Waals surface area contributed by atoms with Gasteiger partial charge in [-0.1, -0.05) is 23.7 Å². The Morgan fingerprint density at radius 1 is 1.03 bits per heavy atom. The number of aromatic nitrogens is 2. The number of hydrogen-bond acceptors (Lipinski definition) is 6. The van der Waals surface area contributed by atoms with Crippen molar-refractivity contribution in [2.45, 2.75) is 36.9 Å². The Morgan fingerprint density at radius 3 is 2.44 bits per heavy atom. The highest BCUT2D eigenvalue weighted by molar-refractivity contribution is 7.89. The number of nitrogens with zero attached hydrogens (tertiary/aromatic N) is 3. The van der Waals surface area contributed by atoms with E-state index in [2.05, 4.69) is 10.1 Å². The van der Waals surface area contributed by atoms with Gasteiger partial charge < -0.3 is 9.26 Å². The Hall–Kier alpha value is -2.92. The second-order valence-electron chi connectivity index (χ2n) is 7.32. The van der Waals surface area contributed by atoms with E-state index in [9.17, 15) is 21.6 Å². The molecule has 2 heterocycles. The number of piperidine rings is 1. The Bertz CT molecular complexity index is 1170. The third-order valence-corrected chi connectivity index (χ3v) is 6.97. The zero-order valence-electron chi connectivity index (χ0n) is 16.9. The molecule has 1 aliphatic rings. The van der Waals surface area contributed by atoms with Crippen molar-refractivity contribution < 1.29 is 30.8 Å². The van der Waals surface area contributed by atoms with E-state index < -0.39 is 21.8 Å². The van der Waals surface area contributed by atoms with Gasteiger partial charge >= 0.3 is 6.18 Å². The van der Waals surface area contributed by atoms with Crippen LogP contribution in [0.15, 0.2) is 57.9 Å². The van der Waals surface area contributed by atoms with E-state index in [1.807, 2.05) is 0 Å². The zero-order valence-corrected chi connectivity index (χ0v) is 17.7. The molecule has 32 heavy (non-hydrogen) atoms. The molecule has 0 atom stereocenters. The monoisotopic (exact) mass is 467 g/mol. The summed E-state index contributed by atoms with van der Waals surface area (Å²) in [5, 5.41) is 3.70. The van der Waals surface area contributed by atoms with Crippen molar-refractivity contribution in [3.63, 3.8) is 0 Å². The van der Waals surface area contributed by atoms with Crippen molar-refractivity contribution in [2.24, 2.45) is 0 Å². The van der Waals surface area contributed by atoms with E-state index in [0.717, 1.165) is 31.4 Å². The van der Waals surface area contributed by atoms with Crippen LogP contribution in [0, 0.1) is 0 Å². The fourth-order valence-electron chi connectivity index (χ4n) is 3.37. The summed E-state index contributed by atoms with van der Waals surface area (Å²) in [4.78, 5) is 4.26. The molecular formula is C21H20F3N3O4S. The molecule has 1 fully saturated rings. The Balaban J connectivity index is 1.40. The standard InChI is InChI=1S/C21H20F3N3O4S/c22-21(23,24)16-6-4-5-15(13-16)20-25-19(31-26-20)14-30-17-7-9-18(10-8-17)32(28,29)27-11-2-1-3-12-27/h4-10,13H,1-3,11-12,14H2. The molecule has 0 N–H and O–H groups in total. The van der Waals surface area contributed by atoms with E-state index in [1.54, 1.807) is 0 Å². The van der Waals surface area contributed by atoms with Gasteiger partial charge in [0.05, 0.1) is 10.5 Å². The van der Waals surface area contributed by atoms with Gasteiger partial charge in [-0.3, -0.25) is 0 Å². The first-order valence-corrected chi connectivity index (χ1v) is 11.4. The van der Waals surface area contributed by atoms with Crippen LogP contribution in [0.2, 0.25) is 0 Å². The lowest BCUT2D eigenvalue weighted by Gasteiger charge is -2.25. The summed E-state index contributed by atoms with van der Waals surface area (Å²) in [6.07, 6.45) is -1.73. The van der Waals surface area contributed by atoms with E-state index in [4.69, 9.17) is 9.26 Å². The molecule has 1 saturated heterocycles. The summed E-state index contributed by atoms with van der Waals surface area (Å²) >= 11 is 0. The minimum absolute atomic E-state index is 0.0117. The molecule has 0 saturated carbocycles. The first-order chi connectivity index (χ1) is 15.2. The Morgan fingerprint density at radius 2 is 1.75 bits per heavy atom. The van der Waals surface area contributed by atoms with Crippen molar-refractivity contribution >= 4 is 10.0 Å². The maximum Gasteiger partial charge on any atom is 0.416 e. The quantitative estimate of drug-likeness (QED) is 0.530. The molecular weight excluding hydrogens is 447 g/mol. The number of ether oxygens (including phenoxy) is 1. The predicted octanol–water partition coefficient (Wildman–Crippen LogP) is 4.51. The van der Waals surface area contributed by atoms with Crippen molar-refractivity contribution in [2.75, 3.05) is 13.1 Å². The van der Waals surface area contributed by atoms with Crippen LogP contribution in [0.1, 0.15) is 30.7 Å². The summed E-state index contributed by atoms with van der Waals surface area (Å²) in [5.74, 6) is 0.474. The van der Waals surface area contributed by atoms with Crippen molar-refractivity contribution in [1.82, 2.24) is 14.4 Å². The molecule has 0 radical (unpaired) electrons. The second-order valence-corrected chi connectivity index (χ2v) is 9.25. The summed E-state index contributed by atoms with van der Waals surface area (Å²) < 4.78 is 76.1. The van der Waals surface area contributed by atoms with Crippen molar-refractivity contribution in [1.29, 1.82) is 0 Å². The van der Waals surface area contributed by atoms with Gasteiger partial charge in [-0.25, -0.2) is 8.42 Å². The fourth-order valence-corrected chi connectivity index (χ4v) is 4.89. The number of benzene rings is 2. The fraction of sp³-hybridized carbons (Fsp3) is 0.333. The smallest absolute Gasteiger partial charge is 0.416 e. The molecule has 11 heteroatoms. The van der Waals surface area contributed by atoms with Gasteiger partial charge in [0, 0.05) is 18.7 Å². The van der Waals surface area contributed by atoms with Crippen LogP contribution in [0.25, 0.3) is 11.4 Å². The van der Waals surface area contributed by atoms with Gasteiger partial charge in [0.1, 0.15) is 5.75 Å². The highest BCUT2D eigenvalue weighted by Crippen LogP contribution is 2.31. The molecule has 0 aliphatic carbocycles. The van der Waals surface area contributed by atoms with Gasteiger partial charge in [0.25, 0.3) is 5.89 Å². The SMILES string of the molecule is O=S(=O)(c1ccc(OCc2nc(-c3cccc(C(F)(F)F)c3)no2)cc1)N1CCCCC1. The average molecular weight is 467 g/mol. The lowest BCUT2D eigenvalue weighted by Crippen LogP contribution is -2.35. The van der Waals surface area contributed by atoms with E-state index in [1.165, 1.54) is 40.7 Å². The van der Waals surface area contributed by atoms with Gasteiger partial charge in [-0.2, -0.15) is 22.5 Å². The number of rotatable bonds is 6. The summed E-state index contributed by atoms with van der Waals surface area (Å²) in [6.45, 7) is 0.919. The number of hydrogen-bond donors (Lipinski definition) is 0. The Labute approximate surface area is 182 Å². The molecule has 3 aromatic rings. The van der Waals surface area contributed by atoms with Crippen molar-refractivity contribution in [3.05, 3.63) is 60.0 Å². The van der Waals surface area contributed by atoms with Crippen molar-refractivity contribution in [3.8, 4) is 17.1 Å². The first kappa shape index (κ1) is 22.3. The van der Waals surface area contributed by atoms with Crippen LogP contribution < -0.4 is 4.74 Å². The topological polar surface area (TPSA) is 85.5 Å². The van der Waals surface area contributed by atoms with Gasteiger partial charge in [-0.05, 0) is 49.2 Å². The molecule has 1 aromatic heterocycles. The highest BCUT2D eigenvalue weighted by atomic mass is 32.2. The zero-order chi connectivity index (χ0) is 22.8. The first-order valence-electron chi connectivity index (χ1n) is 9.97. The minimum atomic E-state index is -4.47. The van der Waals surface area contributed by atoms with Gasteiger partial charge in [0.15, 0.2) is 6.61 Å². The lowest BCUT2D eigenvalue weighted by molar-refractivity contribution is -0.137. The summed E-state index contributed by atoms with van der Waals surface area (Å²) in [5.41, 5.74) is -0.640. The second kappa shape index (κ2) is 8.91. The molecule has 170 valence electrons. The predicted molar refractivity (Wildman–Crippen MR) is 108 cm³/mol. The number of sulfonamides is 1. The molecule has 0 unspecified atom stereocenters. The van der Waals surface area contributed by atoms with Crippen LogP contribution in [0.3, 0.4) is 0 Å². The summed E-state index contributed by atoms with van der Waals surface area (Å²) in [7, 11) is -3.53. The number of alkyl halides is 3. The number of halogens is 3. The van der Waals surface area contributed by atoms with Crippen LogP contribution in [-0.4, -0.2) is 36.0 Å². The van der Waals surface area contributed by atoms with E-state index >= 15 is 0 Å². The van der Waals surface area contributed by atoms with E-state index in [-0.39, 0.29) is 28.8 Å². The average Bonchev–Trinajstić information content (AvgIpc) is 3.27. The van der Waals surface area contributed by atoms with Crippen LogP contribution in [0.4, 0.5) is 13.2 Å². The van der Waals surface area contributed by atoms with E-state index in [0.29, 0.717) is 18.8 Å². The van der Waals surface area contributed by atoms with Crippen LogP contribution >= 0.6 is 0 Å². The molecule has 0 amide bonds. The largest absolute Gasteiger partial charge is 0.484 e. The Kier molecular flexibility index (Phi) is 6.20. The van der Waals surface area contributed by atoms with Crippen LogP contribution in [0.5, 0.6) is 5.75 Å².